The van der Waals surface area contributed by atoms with Gasteiger partial charge in [-0.15, -0.1) is 0 Å². The van der Waals surface area contributed by atoms with E-state index in [0.29, 0.717) is 0 Å². The van der Waals surface area contributed by atoms with Crippen molar-refractivity contribution in [1.29, 1.82) is 0 Å². The summed E-state index contributed by atoms with van der Waals surface area (Å²) in [7, 11) is 0. The highest BCUT2D eigenvalue weighted by Crippen LogP contribution is 2.53. The van der Waals surface area contributed by atoms with E-state index >= 15 is 0 Å². The Morgan fingerprint density at radius 1 is 1.36 bits per heavy atom. The lowest BCUT2D eigenvalue weighted by molar-refractivity contribution is 0.0883. The summed E-state index contributed by atoms with van der Waals surface area (Å²) in [5, 5.41) is 9.81. The van der Waals surface area contributed by atoms with Crippen LogP contribution in [0.1, 0.15) is 39.5 Å². The molecule has 2 unspecified atom stereocenters. The average Bonchev–Trinajstić information content (AvgIpc) is 2.69. The largest absolute Gasteiger partial charge is 0.392 e. The Balaban J connectivity index is 1.92. The Hall–Kier alpha value is -0.0800. The van der Waals surface area contributed by atoms with Gasteiger partial charge in [0.05, 0.1) is 6.10 Å². The number of nitrogens with two attached hydrogens (primary N) is 1. The van der Waals surface area contributed by atoms with Crippen LogP contribution in [0.15, 0.2) is 0 Å². The van der Waals surface area contributed by atoms with Gasteiger partial charge in [0.25, 0.3) is 0 Å². The van der Waals surface area contributed by atoms with Crippen LogP contribution in [0.2, 0.25) is 0 Å². The minimum atomic E-state index is -0.290. The van der Waals surface area contributed by atoms with E-state index in [0.717, 1.165) is 30.1 Å². The molecular weight excluding hydrogens is 174 g/mol. The molecule has 0 spiro atoms. The summed E-state index contributed by atoms with van der Waals surface area (Å²) in [6.07, 6.45) is 4.88. The van der Waals surface area contributed by atoms with E-state index in [9.17, 15) is 5.11 Å². The molecule has 0 saturated heterocycles. The van der Waals surface area contributed by atoms with Gasteiger partial charge in [-0.3, -0.25) is 0 Å². The van der Waals surface area contributed by atoms with Crippen LogP contribution in [0, 0.1) is 23.7 Å². The summed E-state index contributed by atoms with van der Waals surface area (Å²) in [5.41, 5.74) is 5.71. The van der Waals surface area contributed by atoms with Crippen molar-refractivity contribution in [3.05, 3.63) is 0 Å². The fourth-order valence-corrected chi connectivity index (χ4v) is 3.60. The van der Waals surface area contributed by atoms with Crippen LogP contribution >= 0.6 is 0 Å². The third-order valence-electron chi connectivity index (χ3n) is 4.66. The summed E-state index contributed by atoms with van der Waals surface area (Å²) in [4.78, 5) is 0. The van der Waals surface area contributed by atoms with Gasteiger partial charge in [0.2, 0.25) is 0 Å². The lowest BCUT2D eigenvalue weighted by Crippen LogP contribution is -2.35. The third-order valence-corrected chi connectivity index (χ3v) is 4.66. The molecule has 0 amide bonds. The lowest BCUT2D eigenvalue weighted by Gasteiger charge is -2.30. The van der Waals surface area contributed by atoms with Gasteiger partial charge >= 0.3 is 0 Å². The van der Waals surface area contributed by atoms with E-state index in [-0.39, 0.29) is 12.1 Å². The van der Waals surface area contributed by atoms with E-state index in [2.05, 4.69) is 6.92 Å². The molecule has 2 fully saturated rings. The lowest BCUT2D eigenvalue weighted by atomic mass is 9.77. The highest BCUT2D eigenvalue weighted by molar-refractivity contribution is 4.95. The van der Waals surface area contributed by atoms with Crippen molar-refractivity contribution in [3.63, 3.8) is 0 Å². The topological polar surface area (TPSA) is 46.2 Å². The normalized spacial score (nSPS) is 45.4. The first-order valence-electron chi connectivity index (χ1n) is 6.03. The van der Waals surface area contributed by atoms with Gasteiger partial charge < -0.3 is 10.8 Å². The fourth-order valence-electron chi connectivity index (χ4n) is 3.60. The van der Waals surface area contributed by atoms with Crippen molar-refractivity contribution in [3.8, 4) is 0 Å². The van der Waals surface area contributed by atoms with Crippen molar-refractivity contribution in [1.82, 2.24) is 0 Å². The second kappa shape index (κ2) is 3.82. The van der Waals surface area contributed by atoms with Crippen LogP contribution in [0.4, 0.5) is 0 Å². The molecule has 14 heavy (non-hydrogen) atoms. The molecule has 2 rings (SSSR count). The van der Waals surface area contributed by atoms with Gasteiger partial charge in [-0.1, -0.05) is 6.92 Å². The van der Waals surface area contributed by atoms with Gasteiger partial charge in [0, 0.05) is 6.04 Å². The predicted molar refractivity (Wildman–Crippen MR) is 57.8 cm³/mol. The van der Waals surface area contributed by atoms with Crippen LogP contribution in [-0.2, 0) is 0 Å². The van der Waals surface area contributed by atoms with Crippen molar-refractivity contribution >= 4 is 0 Å². The maximum atomic E-state index is 9.81. The molecule has 0 aromatic carbocycles. The van der Waals surface area contributed by atoms with E-state index in [1.165, 1.54) is 19.3 Å². The molecule has 2 nitrogen and oxygen atoms in total. The molecule has 0 aliphatic heterocycles. The zero-order chi connectivity index (χ0) is 10.3. The first kappa shape index (κ1) is 10.4. The standard InChI is InChI=1S/C12H23NO/c1-7-9-3-4-10(5-9)11(7)6-12(14)8(2)13/h7-12,14H,3-6,13H2,1-2H3/t7-,8-,9?,10?,11-,12-/m1/s1. The highest BCUT2D eigenvalue weighted by atomic mass is 16.3. The minimum absolute atomic E-state index is 0.0682. The van der Waals surface area contributed by atoms with E-state index in [4.69, 9.17) is 5.73 Å². The van der Waals surface area contributed by atoms with Crippen molar-refractivity contribution in [2.45, 2.75) is 51.7 Å². The molecule has 0 radical (unpaired) electrons. The quantitative estimate of drug-likeness (QED) is 0.724. The molecular formula is C12H23NO. The van der Waals surface area contributed by atoms with Crippen LogP contribution in [0.3, 0.4) is 0 Å². The van der Waals surface area contributed by atoms with Gasteiger partial charge in [0.1, 0.15) is 0 Å². The Morgan fingerprint density at radius 3 is 2.50 bits per heavy atom. The molecule has 0 aromatic heterocycles. The van der Waals surface area contributed by atoms with E-state index in [1.54, 1.807) is 0 Å². The van der Waals surface area contributed by atoms with E-state index < -0.39 is 0 Å². The second-order valence-corrected chi connectivity index (χ2v) is 5.52. The van der Waals surface area contributed by atoms with Gasteiger partial charge in [-0.05, 0) is 56.3 Å². The van der Waals surface area contributed by atoms with Crippen LogP contribution < -0.4 is 5.73 Å². The smallest absolute Gasteiger partial charge is 0.0691 e. The molecule has 2 aliphatic carbocycles. The van der Waals surface area contributed by atoms with Gasteiger partial charge in [0.15, 0.2) is 0 Å². The summed E-state index contributed by atoms with van der Waals surface area (Å²) in [6, 6.07) is -0.0682. The number of aliphatic hydroxyl groups excluding tert-OH is 1. The number of hydrogen-bond donors (Lipinski definition) is 2. The Kier molecular flexibility index (Phi) is 2.85. The molecule has 0 aromatic rings. The summed E-state index contributed by atoms with van der Waals surface area (Å²) >= 11 is 0. The first-order chi connectivity index (χ1) is 6.59. The predicted octanol–water partition coefficient (Wildman–Crippen LogP) is 1.77. The maximum absolute atomic E-state index is 9.81. The molecule has 82 valence electrons. The fraction of sp³-hybridized carbons (Fsp3) is 1.00. The zero-order valence-electron chi connectivity index (χ0n) is 9.32. The van der Waals surface area contributed by atoms with Crippen LogP contribution in [0.5, 0.6) is 0 Å². The molecule has 2 aliphatic rings. The molecule has 2 saturated carbocycles. The van der Waals surface area contributed by atoms with Crippen molar-refractivity contribution < 1.29 is 5.11 Å². The number of hydrogen-bond acceptors (Lipinski definition) is 2. The minimum Gasteiger partial charge on any atom is -0.392 e. The Morgan fingerprint density at radius 2 is 2.00 bits per heavy atom. The highest BCUT2D eigenvalue weighted by Gasteiger charge is 2.45. The zero-order valence-corrected chi connectivity index (χ0v) is 9.32. The monoisotopic (exact) mass is 197 g/mol. The van der Waals surface area contributed by atoms with Crippen LogP contribution in [-0.4, -0.2) is 17.3 Å². The second-order valence-electron chi connectivity index (χ2n) is 5.52. The van der Waals surface area contributed by atoms with Crippen LogP contribution in [0.25, 0.3) is 0 Å². The first-order valence-corrected chi connectivity index (χ1v) is 6.03. The van der Waals surface area contributed by atoms with Gasteiger partial charge in [-0.2, -0.15) is 0 Å². The van der Waals surface area contributed by atoms with Crippen molar-refractivity contribution in [2.75, 3.05) is 0 Å². The molecule has 2 heteroatoms. The number of rotatable bonds is 3. The summed E-state index contributed by atoms with van der Waals surface area (Å²) in [6.45, 7) is 4.27. The number of aliphatic hydroxyl groups is 1. The SMILES string of the molecule is C[C@@H]1C2CCC(C2)[C@@H]1C[C@@H](O)[C@@H](C)N. The summed E-state index contributed by atoms with van der Waals surface area (Å²) < 4.78 is 0. The Bertz CT molecular complexity index is 202. The molecule has 3 N–H and O–H groups in total. The van der Waals surface area contributed by atoms with Gasteiger partial charge in [-0.25, -0.2) is 0 Å². The molecule has 6 atom stereocenters. The van der Waals surface area contributed by atoms with E-state index in [1.807, 2.05) is 6.92 Å². The average molecular weight is 197 g/mol. The Labute approximate surface area is 86.9 Å². The van der Waals surface area contributed by atoms with Crippen molar-refractivity contribution in [2.24, 2.45) is 29.4 Å². The maximum Gasteiger partial charge on any atom is 0.0691 e. The molecule has 0 heterocycles. The number of fused-ring (bicyclic) bond motifs is 2. The summed E-state index contributed by atoms with van der Waals surface area (Å²) in [5.74, 6) is 3.41. The molecule has 2 bridgehead atoms. The third kappa shape index (κ3) is 1.70.